The molecule has 0 radical (unpaired) electrons. The highest BCUT2D eigenvalue weighted by molar-refractivity contribution is 8.26. The van der Waals surface area contributed by atoms with Gasteiger partial charge in [-0.05, 0) is 49.6 Å². The number of ether oxygens (including phenoxy) is 2. The fraction of sp³-hybridized carbons (Fsp3) is 0.304. The Hall–Kier alpha value is -2.31. The van der Waals surface area contributed by atoms with Crippen LogP contribution in [0.25, 0.3) is 6.08 Å². The van der Waals surface area contributed by atoms with E-state index >= 15 is 0 Å². The summed E-state index contributed by atoms with van der Waals surface area (Å²) in [4.78, 5) is 15.1. The normalized spacial score (nSPS) is 16.4. The minimum absolute atomic E-state index is 0.0308. The first kappa shape index (κ1) is 21.4. The molecule has 0 spiro atoms. The van der Waals surface area contributed by atoms with Crippen molar-refractivity contribution in [1.82, 2.24) is 4.90 Å². The number of benzene rings is 2. The molecular weight excluding hydrogens is 402 g/mol. The molecule has 1 heterocycles. The summed E-state index contributed by atoms with van der Waals surface area (Å²) in [6.07, 6.45) is 2.73. The molecular formula is C23H25NO3S2. The van der Waals surface area contributed by atoms with Gasteiger partial charge in [0.05, 0.1) is 11.5 Å². The number of nitrogens with zero attached hydrogens (tertiary/aromatic N) is 1. The highest BCUT2D eigenvalue weighted by Gasteiger charge is 2.34. The first-order chi connectivity index (χ1) is 14.0. The fourth-order valence-corrected chi connectivity index (χ4v) is 4.39. The van der Waals surface area contributed by atoms with E-state index in [0.29, 0.717) is 33.9 Å². The van der Waals surface area contributed by atoms with E-state index in [1.807, 2.05) is 68.5 Å². The maximum Gasteiger partial charge on any atom is 0.266 e. The number of amides is 1. The van der Waals surface area contributed by atoms with Crippen molar-refractivity contribution in [3.8, 4) is 11.5 Å². The molecule has 29 heavy (non-hydrogen) atoms. The molecule has 152 valence electrons. The summed E-state index contributed by atoms with van der Waals surface area (Å²) in [5.74, 6) is 1.31. The van der Waals surface area contributed by atoms with Gasteiger partial charge < -0.3 is 9.47 Å². The molecule has 1 saturated heterocycles. The maximum absolute atomic E-state index is 12.8. The Morgan fingerprint density at radius 3 is 2.55 bits per heavy atom. The van der Waals surface area contributed by atoms with Crippen LogP contribution < -0.4 is 9.47 Å². The van der Waals surface area contributed by atoms with Crippen molar-refractivity contribution in [3.05, 3.63) is 64.6 Å². The van der Waals surface area contributed by atoms with Gasteiger partial charge in [0.25, 0.3) is 5.91 Å². The predicted molar refractivity (Wildman–Crippen MR) is 123 cm³/mol. The maximum atomic E-state index is 12.8. The number of carbonyl (C=O) groups excluding carboxylic acids is 1. The fourth-order valence-electron chi connectivity index (χ4n) is 2.93. The van der Waals surface area contributed by atoms with Gasteiger partial charge in [-0.3, -0.25) is 9.69 Å². The molecule has 0 bridgehead atoms. The topological polar surface area (TPSA) is 38.8 Å². The Balaban J connectivity index is 1.80. The monoisotopic (exact) mass is 427 g/mol. The molecule has 3 rings (SSSR count). The van der Waals surface area contributed by atoms with Crippen molar-refractivity contribution in [2.24, 2.45) is 0 Å². The molecule has 2 aromatic rings. The highest BCUT2D eigenvalue weighted by atomic mass is 32.2. The molecule has 1 aliphatic rings. The second-order valence-electron chi connectivity index (χ2n) is 6.72. The van der Waals surface area contributed by atoms with Crippen molar-refractivity contribution >= 4 is 40.3 Å². The van der Waals surface area contributed by atoms with E-state index in [-0.39, 0.29) is 11.9 Å². The third kappa shape index (κ3) is 5.19. The standard InChI is InChI=1S/C23H25NO3S2/c1-4-16(3)24-22(25)21(29-23(24)28)14-18-11-12-19(20(13-18)26-5-2)27-15-17-9-7-6-8-10-17/h6-14,16H,4-5,15H2,1-3H3/b21-14-/t16-/m1/s1. The Bertz CT molecular complexity index is 912. The summed E-state index contributed by atoms with van der Waals surface area (Å²) in [5.41, 5.74) is 1.97. The van der Waals surface area contributed by atoms with Crippen molar-refractivity contribution in [3.63, 3.8) is 0 Å². The lowest BCUT2D eigenvalue weighted by Gasteiger charge is -2.21. The van der Waals surface area contributed by atoms with E-state index in [2.05, 4.69) is 6.92 Å². The van der Waals surface area contributed by atoms with E-state index in [9.17, 15) is 4.79 Å². The minimum Gasteiger partial charge on any atom is -0.490 e. The Morgan fingerprint density at radius 2 is 1.86 bits per heavy atom. The predicted octanol–water partition coefficient (Wildman–Crippen LogP) is 5.66. The molecule has 0 aromatic heterocycles. The van der Waals surface area contributed by atoms with E-state index in [1.165, 1.54) is 11.8 Å². The Morgan fingerprint density at radius 1 is 1.10 bits per heavy atom. The van der Waals surface area contributed by atoms with Crippen LogP contribution in [-0.4, -0.2) is 27.8 Å². The van der Waals surface area contributed by atoms with Crippen molar-refractivity contribution in [2.45, 2.75) is 39.8 Å². The zero-order valence-electron chi connectivity index (χ0n) is 16.9. The van der Waals surface area contributed by atoms with Gasteiger partial charge in [-0.2, -0.15) is 0 Å². The van der Waals surface area contributed by atoms with Crippen LogP contribution in [0.5, 0.6) is 11.5 Å². The van der Waals surface area contributed by atoms with E-state index in [1.54, 1.807) is 4.90 Å². The number of hydrogen-bond donors (Lipinski definition) is 0. The quantitative estimate of drug-likeness (QED) is 0.401. The molecule has 4 nitrogen and oxygen atoms in total. The second-order valence-corrected chi connectivity index (χ2v) is 8.40. The lowest BCUT2D eigenvalue weighted by Crippen LogP contribution is -2.36. The SMILES string of the molecule is CCOc1cc(/C=C2\SC(=S)N([C@H](C)CC)C2=O)ccc1OCc1ccccc1. The number of carbonyl (C=O) groups is 1. The zero-order valence-corrected chi connectivity index (χ0v) is 18.5. The van der Waals surface area contributed by atoms with Gasteiger partial charge >= 0.3 is 0 Å². The van der Waals surface area contributed by atoms with Crippen molar-refractivity contribution in [2.75, 3.05) is 6.61 Å². The first-order valence-corrected chi connectivity index (χ1v) is 11.0. The van der Waals surface area contributed by atoms with Gasteiger partial charge in [-0.1, -0.05) is 67.3 Å². The summed E-state index contributed by atoms with van der Waals surface area (Å²) in [7, 11) is 0. The molecule has 2 aromatic carbocycles. The first-order valence-electron chi connectivity index (χ1n) is 9.74. The van der Waals surface area contributed by atoms with Crippen LogP contribution in [-0.2, 0) is 11.4 Å². The summed E-state index contributed by atoms with van der Waals surface area (Å²) in [5, 5.41) is 0. The van der Waals surface area contributed by atoms with Crippen LogP contribution in [0.2, 0.25) is 0 Å². The van der Waals surface area contributed by atoms with E-state index in [4.69, 9.17) is 21.7 Å². The average Bonchev–Trinajstić information content (AvgIpc) is 3.01. The molecule has 1 atom stereocenters. The molecule has 0 unspecified atom stereocenters. The van der Waals surface area contributed by atoms with Crippen LogP contribution in [0.4, 0.5) is 0 Å². The third-order valence-corrected chi connectivity index (χ3v) is 5.99. The smallest absolute Gasteiger partial charge is 0.266 e. The number of thiocarbonyl (C=S) groups is 1. The van der Waals surface area contributed by atoms with Crippen LogP contribution in [0.3, 0.4) is 0 Å². The lowest BCUT2D eigenvalue weighted by molar-refractivity contribution is -0.123. The molecule has 1 amide bonds. The van der Waals surface area contributed by atoms with Gasteiger partial charge in [-0.25, -0.2) is 0 Å². The van der Waals surface area contributed by atoms with Gasteiger partial charge in [-0.15, -0.1) is 0 Å². The van der Waals surface area contributed by atoms with Gasteiger partial charge in [0, 0.05) is 6.04 Å². The van der Waals surface area contributed by atoms with Crippen LogP contribution in [0.15, 0.2) is 53.4 Å². The molecule has 1 fully saturated rings. The largest absolute Gasteiger partial charge is 0.490 e. The lowest BCUT2D eigenvalue weighted by atomic mass is 10.1. The van der Waals surface area contributed by atoms with Gasteiger partial charge in [0.1, 0.15) is 10.9 Å². The minimum atomic E-state index is -0.0308. The van der Waals surface area contributed by atoms with Crippen molar-refractivity contribution < 1.29 is 14.3 Å². The zero-order chi connectivity index (χ0) is 20.8. The molecule has 0 aliphatic carbocycles. The average molecular weight is 428 g/mol. The highest BCUT2D eigenvalue weighted by Crippen LogP contribution is 2.36. The second kappa shape index (κ2) is 9.94. The van der Waals surface area contributed by atoms with Crippen LogP contribution in [0, 0.1) is 0 Å². The number of rotatable bonds is 8. The number of thioether (sulfide) groups is 1. The molecule has 1 aliphatic heterocycles. The van der Waals surface area contributed by atoms with Crippen molar-refractivity contribution in [1.29, 1.82) is 0 Å². The van der Waals surface area contributed by atoms with Crippen LogP contribution in [0.1, 0.15) is 38.3 Å². The van der Waals surface area contributed by atoms with Gasteiger partial charge in [0.15, 0.2) is 11.5 Å². The summed E-state index contributed by atoms with van der Waals surface area (Å²) >= 11 is 6.75. The Labute approximate surface area is 181 Å². The molecule has 0 N–H and O–H groups in total. The van der Waals surface area contributed by atoms with Crippen LogP contribution >= 0.6 is 24.0 Å². The summed E-state index contributed by atoms with van der Waals surface area (Å²) in [6.45, 7) is 7.00. The van der Waals surface area contributed by atoms with E-state index in [0.717, 1.165) is 17.5 Å². The molecule has 0 saturated carbocycles. The summed E-state index contributed by atoms with van der Waals surface area (Å²) in [6, 6.07) is 15.8. The van der Waals surface area contributed by atoms with Gasteiger partial charge in [0.2, 0.25) is 0 Å². The Kier molecular flexibility index (Phi) is 7.34. The molecule has 6 heteroatoms. The summed E-state index contributed by atoms with van der Waals surface area (Å²) < 4.78 is 12.3. The number of hydrogen-bond acceptors (Lipinski definition) is 5. The van der Waals surface area contributed by atoms with E-state index < -0.39 is 0 Å². The third-order valence-electron chi connectivity index (χ3n) is 4.66.